The first-order valence-corrected chi connectivity index (χ1v) is 5.45. The molecule has 2 N–H and O–H groups in total. The van der Waals surface area contributed by atoms with Gasteiger partial charge in [0.15, 0.2) is 0 Å². The number of rotatable bonds is 1. The van der Waals surface area contributed by atoms with Crippen LogP contribution in [0.3, 0.4) is 0 Å². The van der Waals surface area contributed by atoms with Gasteiger partial charge in [0.1, 0.15) is 11.4 Å². The number of carbonyl (C=O) groups is 1. The van der Waals surface area contributed by atoms with Gasteiger partial charge in [0, 0.05) is 19.6 Å². The SMILES string of the molecule is CCN1C(=O)N=C(N)C12CCN(C)CC2. The van der Waals surface area contributed by atoms with E-state index in [9.17, 15) is 4.79 Å². The summed E-state index contributed by atoms with van der Waals surface area (Å²) >= 11 is 0. The van der Waals surface area contributed by atoms with Crippen LogP contribution in [0.15, 0.2) is 4.99 Å². The van der Waals surface area contributed by atoms with E-state index >= 15 is 0 Å². The molecule has 2 aliphatic rings. The molecule has 2 heterocycles. The van der Waals surface area contributed by atoms with E-state index in [2.05, 4.69) is 16.9 Å². The third-order valence-electron chi connectivity index (χ3n) is 3.57. The monoisotopic (exact) mass is 210 g/mol. The summed E-state index contributed by atoms with van der Waals surface area (Å²) in [6, 6.07) is -0.167. The molecule has 0 atom stereocenters. The first kappa shape index (κ1) is 10.4. The van der Waals surface area contributed by atoms with Crippen LogP contribution < -0.4 is 5.73 Å². The van der Waals surface area contributed by atoms with E-state index in [-0.39, 0.29) is 11.6 Å². The minimum atomic E-state index is -0.279. The third-order valence-corrected chi connectivity index (χ3v) is 3.57. The molecule has 1 spiro atoms. The molecule has 0 bridgehead atoms. The Balaban J connectivity index is 2.25. The number of nitrogens with two attached hydrogens (primary N) is 1. The largest absolute Gasteiger partial charge is 0.385 e. The molecule has 0 aromatic carbocycles. The Morgan fingerprint density at radius 1 is 1.47 bits per heavy atom. The predicted octanol–water partition coefficient (Wildman–Crippen LogP) is 0.263. The van der Waals surface area contributed by atoms with Crippen molar-refractivity contribution in [2.75, 3.05) is 26.7 Å². The number of amidine groups is 1. The van der Waals surface area contributed by atoms with Gasteiger partial charge >= 0.3 is 6.03 Å². The maximum Gasteiger partial charge on any atom is 0.346 e. The molecule has 0 aliphatic carbocycles. The van der Waals surface area contributed by atoms with E-state index in [4.69, 9.17) is 5.73 Å². The van der Waals surface area contributed by atoms with E-state index < -0.39 is 0 Å². The summed E-state index contributed by atoms with van der Waals surface area (Å²) in [5, 5.41) is 0. The minimum absolute atomic E-state index is 0.167. The summed E-state index contributed by atoms with van der Waals surface area (Å²) in [5.74, 6) is 0.516. The van der Waals surface area contributed by atoms with Gasteiger partial charge in [-0.25, -0.2) is 4.79 Å². The highest BCUT2D eigenvalue weighted by atomic mass is 16.2. The van der Waals surface area contributed by atoms with E-state index in [1.165, 1.54) is 0 Å². The number of aliphatic imine (C=N–C) groups is 1. The van der Waals surface area contributed by atoms with Crippen molar-refractivity contribution in [3.63, 3.8) is 0 Å². The standard InChI is InChI=1S/C10H18N4O/c1-3-14-9(15)12-8(11)10(14)4-6-13(2)7-5-10/h3-7H2,1-2H3,(H2,11,12,15). The maximum atomic E-state index is 11.6. The van der Waals surface area contributed by atoms with E-state index in [0.717, 1.165) is 25.9 Å². The van der Waals surface area contributed by atoms with Crippen LogP contribution >= 0.6 is 0 Å². The first-order valence-electron chi connectivity index (χ1n) is 5.45. The molecule has 2 rings (SSSR count). The first-order chi connectivity index (χ1) is 7.10. The summed E-state index contributed by atoms with van der Waals surface area (Å²) in [6.45, 7) is 4.61. The lowest BCUT2D eigenvalue weighted by atomic mass is 9.85. The molecule has 5 heteroatoms. The summed E-state index contributed by atoms with van der Waals surface area (Å²) in [7, 11) is 2.09. The van der Waals surface area contributed by atoms with Crippen LogP contribution in [-0.4, -0.2) is 53.9 Å². The Morgan fingerprint density at radius 3 is 2.60 bits per heavy atom. The van der Waals surface area contributed by atoms with Gasteiger partial charge in [-0.2, -0.15) is 4.99 Å². The van der Waals surface area contributed by atoms with Gasteiger partial charge in [-0.05, 0) is 26.8 Å². The number of carbonyl (C=O) groups excluding carboxylic acids is 1. The van der Waals surface area contributed by atoms with Crippen LogP contribution in [0.4, 0.5) is 4.79 Å². The number of piperidine rings is 1. The van der Waals surface area contributed by atoms with Crippen LogP contribution in [0.1, 0.15) is 19.8 Å². The van der Waals surface area contributed by atoms with E-state index in [1.54, 1.807) is 0 Å². The predicted molar refractivity (Wildman–Crippen MR) is 58.9 cm³/mol. The highest BCUT2D eigenvalue weighted by molar-refractivity contribution is 6.05. The lowest BCUT2D eigenvalue weighted by Crippen LogP contribution is -2.59. The van der Waals surface area contributed by atoms with Gasteiger partial charge in [0.2, 0.25) is 0 Å². The fourth-order valence-corrected chi connectivity index (χ4v) is 2.54. The number of hydrogen-bond acceptors (Lipinski definition) is 3. The Bertz CT molecular complexity index is 305. The van der Waals surface area contributed by atoms with Crippen molar-refractivity contribution in [3.05, 3.63) is 0 Å². The Kier molecular flexibility index (Phi) is 2.42. The molecule has 0 radical (unpaired) electrons. The second-order valence-corrected chi connectivity index (χ2v) is 4.36. The molecule has 0 aromatic heterocycles. The zero-order chi connectivity index (χ0) is 11.1. The highest BCUT2D eigenvalue weighted by Gasteiger charge is 2.48. The number of nitrogens with zero attached hydrogens (tertiary/aromatic N) is 3. The van der Waals surface area contributed by atoms with Crippen LogP contribution in [0.25, 0.3) is 0 Å². The lowest BCUT2D eigenvalue weighted by molar-refractivity contribution is 0.116. The van der Waals surface area contributed by atoms with E-state index in [1.807, 2.05) is 11.8 Å². The second-order valence-electron chi connectivity index (χ2n) is 4.36. The van der Waals surface area contributed by atoms with Crippen molar-refractivity contribution in [1.29, 1.82) is 0 Å². The zero-order valence-corrected chi connectivity index (χ0v) is 9.36. The highest BCUT2D eigenvalue weighted by Crippen LogP contribution is 2.33. The van der Waals surface area contributed by atoms with Crippen LogP contribution in [0.2, 0.25) is 0 Å². The molecule has 1 fully saturated rings. The van der Waals surface area contributed by atoms with Gasteiger partial charge in [0.05, 0.1) is 0 Å². The molecule has 1 saturated heterocycles. The average Bonchev–Trinajstić information content (AvgIpc) is 2.43. The topological polar surface area (TPSA) is 61.9 Å². The van der Waals surface area contributed by atoms with Crippen molar-refractivity contribution in [3.8, 4) is 0 Å². The second kappa shape index (κ2) is 3.48. The number of urea groups is 1. The number of likely N-dealkylation sites (tertiary alicyclic amines) is 1. The van der Waals surface area contributed by atoms with Crippen molar-refractivity contribution in [2.24, 2.45) is 10.7 Å². The smallest absolute Gasteiger partial charge is 0.346 e. The number of hydrogen-bond donors (Lipinski definition) is 1. The van der Waals surface area contributed by atoms with E-state index in [0.29, 0.717) is 12.4 Å². The average molecular weight is 210 g/mol. The summed E-state index contributed by atoms with van der Waals surface area (Å²) in [5.41, 5.74) is 5.64. The summed E-state index contributed by atoms with van der Waals surface area (Å²) in [4.78, 5) is 19.6. The molecule has 0 aromatic rings. The number of amides is 2. The van der Waals surface area contributed by atoms with Gasteiger partial charge in [-0.1, -0.05) is 0 Å². The Morgan fingerprint density at radius 2 is 2.07 bits per heavy atom. The third kappa shape index (κ3) is 1.42. The van der Waals surface area contributed by atoms with Gasteiger partial charge in [0.25, 0.3) is 0 Å². The van der Waals surface area contributed by atoms with Gasteiger partial charge < -0.3 is 15.5 Å². The van der Waals surface area contributed by atoms with Crippen molar-refractivity contribution >= 4 is 11.9 Å². The summed E-state index contributed by atoms with van der Waals surface area (Å²) < 4.78 is 0. The van der Waals surface area contributed by atoms with Crippen molar-refractivity contribution in [1.82, 2.24) is 9.80 Å². The Hall–Kier alpha value is -1.10. The normalized spacial score (nSPS) is 26.1. The van der Waals surface area contributed by atoms with Crippen LogP contribution in [0, 0.1) is 0 Å². The maximum absolute atomic E-state index is 11.6. The molecule has 5 nitrogen and oxygen atoms in total. The molecule has 0 saturated carbocycles. The van der Waals surface area contributed by atoms with Gasteiger partial charge in [-0.3, -0.25) is 0 Å². The quantitative estimate of drug-likeness (QED) is 0.675. The molecular formula is C10H18N4O. The number of likely N-dealkylation sites (N-methyl/N-ethyl adjacent to an activating group) is 1. The molecular weight excluding hydrogens is 192 g/mol. The fourth-order valence-electron chi connectivity index (χ4n) is 2.54. The lowest BCUT2D eigenvalue weighted by Gasteiger charge is -2.43. The molecule has 0 unspecified atom stereocenters. The van der Waals surface area contributed by atoms with Crippen LogP contribution in [-0.2, 0) is 0 Å². The fraction of sp³-hybridized carbons (Fsp3) is 0.800. The molecule has 15 heavy (non-hydrogen) atoms. The Labute approximate surface area is 89.9 Å². The minimum Gasteiger partial charge on any atom is -0.385 e. The summed E-state index contributed by atoms with van der Waals surface area (Å²) in [6.07, 6.45) is 1.80. The van der Waals surface area contributed by atoms with Crippen LogP contribution in [0.5, 0.6) is 0 Å². The molecule has 2 amide bonds. The molecule has 84 valence electrons. The molecule has 2 aliphatic heterocycles. The van der Waals surface area contributed by atoms with Crippen molar-refractivity contribution in [2.45, 2.75) is 25.3 Å². The van der Waals surface area contributed by atoms with Crippen molar-refractivity contribution < 1.29 is 4.79 Å². The zero-order valence-electron chi connectivity index (χ0n) is 9.36. The van der Waals surface area contributed by atoms with Gasteiger partial charge in [-0.15, -0.1) is 0 Å².